The number of ether oxygens (including phenoxy) is 4. The molecular formula is C18H25N3O8. The molecule has 11 nitrogen and oxygen atoms in total. The van der Waals surface area contributed by atoms with Gasteiger partial charge in [-0.15, -0.1) is 0 Å². The Bertz CT molecular complexity index is 832. The molecule has 0 aromatic carbocycles. The summed E-state index contributed by atoms with van der Waals surface area (Å²) >= 11 is 0. The van der Waals surface area contributed by atoms with Crippen LogP contribution in [0.15, 0.2) is 0 Å². The van der Waals surface area contributed by atoms with Crippen molar-refractivity contribution in [1.29, 1.82) is 0 Å². The Morgan fingerprint density at radius 1 is 0.931 bits per heavy atom. The fraction of sp³-hybridized carbons (Fsp3) is 0.556. The lowest BCUT2D eigenvalue weighted by atomic mass is 10.1. The van der Waals surface area contributed by atoms with Crippen molar-refractivity contribution >= 4 is 24.1 Å². The molecule has 1 unspecified atom stereocenters. The van der Waals surface area contributed by atoms with Gasteiger partial charge in [0.1, 0.15) is 6.17 Å². The second-order valence-corrected chi connectivity index (χ2v) is 6.07. The number of fused-ring (bicyclic) bond motifs is 1. The Morgan fingerprint density at radius 3 is 1.97 bits per heavy atom. The number of carbonyl (C=O) groups is 4. The van der Waals surface area contributed by atoms with Crippen molar-refractivity contribution in [2.75, 3.05) is 27.4 Å². The van der Waals surface area contributed by atoms with Crippen molar-refractivity contribution in [3.63, 3.8) is 0 Å². The predicted octanol–water partition coefficient (Wildman–Crippen LogP) is 2.23. The molecule has 29 heavy (non-hydrogen) atoms. The number of rotatable bonds is 4. The Balaban J connectivity index is 2.73. The summed E-state index contributed by atoms with van der Waals surface area (Å²) in [5, 5.41) is 2.12. The number of aromatic nitrogens is 1. The van der Waals surface area contributed by atoms with Gasteiger partial charge in [0.05, 0.1) is 50.8 Å². The molecule has 0 radical (unpaired) electrons. The molecular weight excluding hydrogens is 386 g/mol. The zero-order valence-corrected chi connectivity index (χ0v) is 17.3. The van der Waals surface area contributed by atoms with E-state index in [1.165, 1.54) is 14.2 Å². The highest BCUT2D eigenvalue weighted by atomic mass is 16.6. The van der Waals surface area contributed by atoms with E-state index in [9.17, 15) is 19.2 Å². The zero-order chi connectivity index (χ0) is 21.9. The van der Waals surface area contributed by atoms with Crippen LogP contribution in [0.1, 0.15) is 59.0 Å². The molecule has 1 aliphatic heterocycles. The van der Waals surface area contributed by atoms with E-state index in [0.29, 0.717) is 11.4 Å². The van der Waals surface area contributed by atoms with Crippen LogP contribution in [0, 0.1) is 6.92 Å². The normalized spacial score (nSPS) is 15.4. The van der Waals surface area contributed by atoms with E-state index in [-0.39, 0.29) is 30.9 Å². The molecule has 0 spiro atoms. The Labute approximate surface area is 168 Å². The average Bonchev–Trinajstić information content (AvgIpc) is 2.99. The van der Waals surface area contributed by atoms with Gasteiger partial charge in [-0.2, -0.15) is 5.01 Å². The number of methoxy groups -OCH3 is 2. The van der Waals surface area contributed by atoms with Crippen LogP contribution >= 0.6 is 0 Å². The van der Waals surface area contributed by atoms with Gasteiger partial charge >= 0.3 is 24.1 Å². The van der Waals surface area contributed by atoms with E-state index in [2.05, 4.69) is 0 Å². The molecule has 2 rings (SSSR count). The molecule has 0 fully saturated rings. The van der Waals surface area contributed by atoms with Gasteiger partial charge in [-0.1, -0.05) is 0 Å². The van der Waals surface area contributed by atoms with E-state index in [1.54, 1.807) is 32.3 Å². The molecule has 0 bridgehead atoms. The third-order valence-electron chi connectivity index (χ3n) is 4.55. The van der Waals surface area contributed by atoms with E-state index >= 15 is 0 Å². The van der Waals surface area contributed by atoms with Crippen molar-refractivity contribution in [2.45, 2.75) is 40.4 Å². The summed E-state index contributed by atoms with van der Waals surface area (Å²) in [6.45, 7) is 6.46. The van der Waals surface area contributed by atoms with Crippen molar-refractivity contribution in [1.82, 2.24) is 14.6 Å². The lowest BCUT2D eigenvalue weighted by Gasteiger charge is -2.42. The molecule has 0 aliphatic carbocycles. The zero-order valence-electron chi connectivity index (χ0n) is 17.3. The van der Waals surface area contributed by atoms with Crippen LogP contribution in [0.4, 0.5) is 9.59 Å². The molecule has 1 aromatic rings. The smallest absolute Gasteiger partial charge is 0.430 e. The van der Waals surface area contributed by atoms with Gasteiger partial charge < -0.3 is 23.5 Å². The first-order chi connectivity index (χ1) is 13.7. The molecule has 0 N–H and O–H groups in total. The molecule has 160 valence electrons. The van der Waals surface area contributed by atoms with Gasteiger partial charge in [0.2, 0.25) is 0 Å². The van der Waals surface area contributed by atoms with Crippen LogP contribution < -0.4 is 0 Å². The largest absolute Gasteiger partial charge is 0.465 e. The Hall–Kier alpha value is -3.24. The SMILES string of the molecule is CCOC(=O)N1Cc2c(C(=O)OC)c(C(=O)OC)c(C)n2C(C)N1C(=O)OCC. The molecule has 2 amide bonds. The number of hydrogen-bond acceptors (Lipinski definition) is 8. The summed E-state index contributed by atoms with van der Waals surface area (Å²) in [6.07, 6.45) is -2.37. The van der Waals surface area contributed by atoms with Crippen LogP contribution in [0.3, 0.4) is 0 Å². The number of amides is 2. The first-order valence-corrected chi connectivity index (χ1v) is 9.05. The van der Waals surface area contributed by atoms with E-state index in [0.717, 1.165) is 10.0 Å². The van der Waals surface area contributed by atoms with Gasteiger partial charge in [0.15, 0.2) is 0 Å². The molecule has 11 heteroatoms. The highest BCUT2D eigenvalue weighted by molar-refractivity contribution is 6.05. The Morgan fingerprint density at radius 2 is 1.45 bits per heavy atom. The fourth-order valence-electron chi connectivity index (χ4n) is 3.42. The summed E-state index contributed by atoms with van der Waals surface area (Å²) in [5.74, 6) is -1.50. The Kier molecular flexibility index (Phi) is 6.72. The quantitative estimate of drug-likeness (QED) is 0.547. The van der Waals surface area contributed by atoms with Gasteiger partial charge in [0.25, 0.3) is 0 Å². The molecule has 0 saturated heterocycles. The first kappa shape index (κ1) is 22.1. The van der Waals surface area contributed by atoms with Crippen molar-refractivity contribution < 1.29 is 38.1 Å². The van der Waals surface area contributed by atoms with E-state index in [4.69, 9.17) is 18.9 Å². The lowest BCUT2D eigenvalue weighted by Crippen LogP contribution is -2.55. The number of esters is 2. The molecule has 1 aromatic heterocycles. The highest BCUT2D eigenvalue weighted by Gasteiger charge is 2.43. The van der Waals surface area contributed by atoms with Gasteiger partial charge in [-0.05, 0) is 27.7 Å². The molecule has 1 atom stereocenters. The maximum absolute atomic E-state index is 12.6. The minimum absolute atomic E-state index is 0.00992. The van der Waals surface area contributed by atoms with Gasteiger partial charge in [-0.3, -0.25) is 0 Å². The van der Waals surface area contributed by atoms with Crippen LogP contribution in [0.5, 0.6) is 0 Å². The van der Waals surface area contributed by atoms with E-state index < -0.39 is 30.3 Å². The van der Waals surface area contributed by atoms with Crippen LogP contribution in [0.2, 0.25) is 0 Å². The van der Waals surface area contributed by atoms with Gasteiger partial charge in [0, 0.05) is 5.69 Å². The molecule has 0 saturated carbocycles. The minimum Gasteiger partial charge on any atom is -0.465 e. The lowest BCUT2D eigenvalue weighted by molar-refractivity contribution is -0.0786. The number of hydrogen-bond donors (Lipinski definition) is 0. The monoisotopic (exact) mass is 411 g/mol. The van der Waals surface area contributed by atoms with Crippen LogP contribution in [-0.4, -0.2) is 66.1 Å². The number of hydrazine groups is 1. The van der Waals surface area contributed by atoms with E-state index in [1.807, 2.05) is 0 Å². The van der Waals surface area contributed by atoms with Crippen molar-refractivity contribution in [2.24, 2.45) is 0 Å². The predicted molar refractivity (Wildman–Crippen MR) is 98.0 cm³/mol. The summed E-state index contributed by atoms with van der Waals surface area (Å²) in [5.41, 5.74) is 0.686. The van der Waals surface area contributed by atoms with Crippen LogP contribution in [0.25, 0.3) is 0 Å². The summed E-state index contributed by atoms with van der Waals surface area (Å²) in [4.78, 5) is 50.0. The third-order valence-corrected chi connectivity index (χ3v) is 4.55. The third kappa shape index (κ3) is 3.71. The topological polar surface area (TPSA) is 117 Å². The number of carbonyl (C=O) groups excluding carboxylic acids is 4. The fourth-order valence-corrected chi connectivity index (χ4v) is 3.42. The van der Waals surface area contributed by atoms with Gasteiger partial charge in [-0.25, -0.2) is 24.2 Å². The maximum atomic E-state index is 12.6. The molecule has 1 aliphatic rings. The maximum Gasteiger partial charge on any atom is 0.430 e. The van der Waals surface area contributed by atoms with Crippen molar-refractivity contribution in [3.8, 4) is 0 Å². The first-order valence-electron chi connectivity index (χ1n) is 9.05. The van der Waals surface area contributed by atoms with Crippen LogP contribution in [-0.2, 0) is 25.5 Å². The number of nitrogens with zero attached hydrogens (tertiary/aromatic N) is 3. The second-order valence-electron chi connectivity index (χ2n) is 6.07. The average molecular weight is 411 g/mol. The summed E-state index contributed by atoms with van der Waals surface area (Å²) in [6, 6.07) is 0. The minimum atomic E-state index is -0.802. The summed E-state index contributed by atoms with van der Waals surface area (Å²) in [7, 11) is 2.38. The summed E-state index contributed by atoms with van der Waals surface area (Å²) < 4.78 is 21.4. The van der Waals surface area contributed by atoms with Crippen molar-refractivity contribution in [3.05, 3.63) is 22.5 Å². The standard InChI is InChI=1S/C18H25N3O8/c1-7-28-17(24)19-9-12-14(16(23)27-6)13(15(22)26-5)10(3)20(12)11(4)21(19)18(25)29-8-2/h11H,7-9H2,1-6H3. The molecule has 2 heterocycles. The second kappa shape index (κ2) is 8.84. The highest BCUT2D eigenvalue weighted by Crippen LogP contribution is 2.35.